The molecule has 1 N–H and O–H groups in total. The van der Waals surface area contributed by atoms with E-state index in [9.17, 15) is 18.4 Å². The number of fused-ring (bicyclic) bond motifs is 1. The summed E-state index contributed by atoms with van der Waals surface area (Å²) in [6.45, 7) is 16.0. The molecule has 0 aromatic carbocycles. The smallest absolute Gasteiger partial charge is 0.475 e. The van der Waals surface area contributed by atoms with Gasteiger partial charge in [0.1, 0.15) is 12.4 Å². The third-order valence-corrected chi connectivity index (χ3v) is 7.13. The zero-order valence-electron chi connectivity index (χ0n) is 22.1. The molecule has 0 fully saturated rings. The van der Waals surface area contributed by atoms with Crippen LogP contribution in [0.2, 0.25) is 25.7 Å². The van der Waals surface area contributed by atoms with Crippen LogP contribution in [0.15, 0.2) is 24.7 Å². The second kappa shape index (κ2) is 11.3. The predicted octanol–water partition coefficient (Wildman–Crippen LogP) is 5.50. The van der Waals surface area contributed by atoms with Crippen molar-refractivity contribution in [2.24, 2.45) is 5.41 Å². The lowest BCUT2D eigenvalue weighted by Gasteiger charge is -2.28. The highest BCUT2D eigenvalue weighted by Crippen LogP contribution is 2.34. The molecule has 202 valence electrons. The topological polar surface area (TPSA) is 119 Å². The Hall–Kier alpha value is -3.40. The fourth-order valence-electron chi connectivity index (χ4n) is 3.39. The largest absolute Gasteiger partial charge is 0.490 e. The molecule has 0 saturated heterocycles. The predicted molar refractivity (Wildman–Crippen MR) is 135 cm³/mol. The van der Waals surface area contributed by atoms with E-state index >= 15 is 0 Å². The van der Waals surface area contributed by atoms with Gasteiger partial charge in [-0.05, 0) is 24.4 Å². The monoisotopic (exact) mass is 538 g/mol. The molecule has 9 nitrogen and oxygen atoms in total. The first-order chi connectivity index (χ1) is 16.9. The van der Waals surface area contributed by atoms with Crippen LogP contribution in [0, 0.1) is 23.7 Å². The number of aliphatic carboxylic acids is 1. The van der Waals surface area contributed by atoms with Crippen LogP contribution in [0.1, 0.15) is 39.1 Å². The van der Waals surface area contributed by atoms with Crippen molar-refractivity contribution in [1.82, 2.24) is 24.5 Å². The van der Waals surface area contributed by atoms with Gasteiger partial charge >= 0.3 is 12.1 Å². The van der Waals surface area contributed by atoms with Gasteiger partial charge < -0.3 is 9.94 Å². The lowest BCUT2D eigenvalue weighted by molar-refractivity contribution is -0.192. The van der Waals surface area contributed by atoms with E-state index < -0.39 is 20.2 Å². The van der Waals surface area contributed by atoms with E-state index in [2.05, 4.69) is 56.6 Å². The van der Waals surface area contributed by atoms with Gasteiger partial charge in [0.25, 0.3) is 0 Å². The summed E-state index contributed by atoms with van der Waals surface area (Å²) < 4.78 is 35.4. The van der Waals surface area contributed by atoms with E-state index in [-0.39, 0.29) is 11.5 Å². The van der Waals surface area contributed by atoms with Crippen LogP contribution in [0.4, 0.5) is 13.2 Å². The standard InChI is InChI=1S/C22H32N6OSi.C2HF3O2/c1-16-25-20(17-14-24-27(15-17)19(8-10-23)22(2,3)4)18-9-11-28(21(18)26-16)29-12-13-30(5,6)7;3-2(4,5)1(6)7/h9,11,14-15,19H,8,12-13H2,1-7H3;(H,6,7)/t19-;/m0./s1. The summed E-state index contributed by atoms with van der Waals surface area (Å²) in [6.07, 6.45) is 1.04. The second-order valence-electron chi connectivity index (χ2n) is 10.9. The molecule has 37 heavy (non-hydrogen) atoms. The minimum atomic E-state index is -5.08. The van der Waals surface area contributed by atoms with Gasteiger partial charge in [-0.25, -0.2) is 14.8 Å². The molecule has 3 heterocycles. The SMILES string of the molecule is Cc1nc(-c2cnn([C@@H](CC#N)C(C)(C)C)c2)c2ccn(OCC[Si](C)(C)C)c2n1.O=C(O)C(F)(F)F. The number of nitrogens with zero attached hydrogens (tertiary/aromatic N) is 6. The van der Waals surface area contributed by atoms with Crippen LogP contribution in [0.3, 0.4) is 0 Å². The molecule has 0 bridgehead atoms. The molecular weight excluding hydrogens is 505 g/mol. The van der Waals surface area contributed by atoms with Gasteiger partial charge in [0, 0.05) is 31.4 Å². The highest BCUT2D eigenvalue weighted by molar-refractivity contribution is 6.76. The Balaban J connectivity index is 0.000000604. The van der Waals surface area contributed by atoms with Gasteiger partial charge in [-0.15, -0.1) is 0 Å². The van der Waals surface area contributed by atoms with Crippen molar-refractivity contribution in [3.8, 4) is 17.3 Å². The lowest BCUT2D eigenvalue weighted by atomic mass is 9.85. The van der Waals surface area contributed by atoms with E-state index in [4.69, 9.17) is 19.7 Å². The van der Waals surface area contributed by atoms with Crippen LogP contribution in [-0.2, 0) is 4.79 Å². The van der Waals surface area contributed by atoms with E-state index in [1.54, 1.807) is 4.73 Å². The van der Waals surface area contributed by atoms with Crippen molar-refractivity contribution in [2.45, 2.75) is 72.0 Å². The second-order valence-corrected chi connectivity index (χ2v) is 16.5. The zero-order valence-corrected chi connectivity index (χ0v) is 23.1. The Morgan fingerprint density at radius 2 is 1.86 bits per heavy atom. The van der Waals surface area contributed by atoms with Crippen LogP contribution < -0.4 is 4.84 Å². The van der Waals surface area contributed by atoms with Crippen molar-refractivity contribution in [3.05, 3.63) is 30.5 Å². The summed E-state index contributed by atoms with van der Waals surface area (Å²) in [4.78, 5) is 24.2. The minimum absolute atomic E-state index is 0.0100. The Bertz CT molecular complexity index is 1270. The summed E-state index contributed by atoms with van der Waals surface area (Å²) in [5.74, 6) is -2.07. The fourth-order valence-corrected chi connectivity index (χ4v) is 4.09. The van der Waals surface area contributed by atoms with Crippen molar-refractivity contribution in [3.63, 3.8) is 0 Å². The van der Waals surface area contributed by atoms with Crippen molar-refractivity contribution in [1.29, 1.82) is 5.26 Å². The fraction of sp³-hybridized carbons (Fsp3) is 0.542. The highest BCUT2D eigenvalue weighted by atomic mass is 28.3. The number of carboxylic acids is 1. The van der Waals surface area contributed by atoms with Gasteiger partial charge in [0.2, 0.25) is 0 Å². The van der Waals surface area contributed by atoms with Crippen molar-refractivity contribution >= 4 is 25.1 Å². The Morgan fingerprint density at radius 3 is 2.38 bits per heavy atom. The molecular formula is C24H33F3N6O3Si. The van der Waals surface area contributed by atoms with E-state index in [1.165, 1.54) is 0 Å². The maximum Gasteiger partial charge on any atom is 0.490 e. The van der Waals surface area contributed by atoms with Crippen molar-refractivity contribution in [2.75, 3.05) is 6.61 Å². The average molecular weight is 539 g/mol. The molecule has 0 aliphatic carbocycles. The molecule has 0 aliphatic heterocycles. The molecule has 0 aliphatic rings. The van der Waals surface area contributed by atoms with Crippen LogP contribution in [0.5, 0.6) is 0 Å². The molecule has 0 amide bonds. The number of nitriles is 1. The molecule has 3 aromatic rings. The maximum atomic E-state index is 10.6. The van der Waals surface area contributed by atoms with Crippen LogP contribution in [0.25, 0.3) is 22.3 Å². The first-order valence-electron chi connectivity index (χ1n) is 11.6. The van der Waals surface area contributed by atoms with E-state index in [0.717, 1.165) is 28.3 Å². The maximum absolute atomic E-state index is 10.6. The summed E-state index contributed by atoms with van der Waals surface area (Å²) >= 11 is 0. The van der Waals surface area contributed by atoms with Crippen LogP contribution >= 0.6 is 0 Å². The number of aryl methyl sites for hydroxylation is 1. The average Bonchev–Trinajstić information content (AvgIpc) is 3.37. The number of alkyl halides is 3. The molecule has 0 saturated carbocycles. The normalized spacial score (nSPS) is 13.0. The number of carboxylic acid groups (broad SMARTS) is 1. The first kappa shape index (κ1) is 29.8. The molecule has 3 aromatic heterocycles. The van der Waals surface area contributed by atoms with Crippen molar-refractivity contribution < 1.29 is 27.9 Å². The molecule has 3 rings (SSSR count). The van der Waals surface area contributed by atoms with E-state index in [1.807, 2.05) is 36.3 Å². The Kier molecular flexibility index (Phi) is 9.13. The lowest BCUT2D eigenvalue weighted by Crippen LogP contribution is -2.25. The van der Waals surface area contributed by atoms with Gasteiger partial charge in [-0.1, -0.05) is 40.4 Å². The van der Waals surface area contributed by atoms with Crippen LogP contribution in [-0.4, -0.2) is 56.4 Å². The van der Waals surface area contributed by atoms with Gasteiger partial charge in [-0.3, -0.25) is 4.68 Å². The van der Waals surface area contributed by atoms with Gasteiger partial charge in [-0.2, -0.15) is 28.3 Å². The molecule has 13 heteroatoms. The van der Waals surface area contributed by atoms with Gasteiger partial charge in [0.05, 0.1) is 30.4 Å². The molecule has 0 spiro atoms. The molecule has 0 radical (unpaired) electrons. The number of hydrogen-bond donors (Lipinski definition) is 1. The Labute approximate surface area is 214 Å². The first-order valence-corrected chi connectivity index (χ1v) is 15.4. The third kappa shape index (κ3) is 8.31. The number of hydrogen-bond acceptors (Lipinski definition) is 6. The summed E-state index contributed by atoms with van der Waals surface area (Å²) in [5.41, 5.74) is 2.44. The number of rotatable bonds is 7. The Morgan fingerprint density at radius 1 is 1.24 bits per heavy atom. The molecule has 1 atom stereocenters. The number of halogens is 3. The zero-order chi connectivity index (χ0) is 28.2. The third-order valence-electron chi connectivity index (χ3n) is 5.43. The minimum Gasteiger partial charge on any atom is -0.475 e. The van der Waals surface area contributed by atoms with E-state index in [0.29, 0.717) is 18.9 Å². The number of aromatic nitrogens is 5. The number of carbonyl (C=O) groups is 1. The summed E-state index contributed by atoms with van der Waals surface area (Å²) in [7, 11) is -1.17. The van der Waals surface area contributed by atoms with Gasteiger partial charge in [0.15, 0.2) is 5.65 Å². The summed E-state index contributed by atoms with van der Waals surface area (Å²) in [6, 6.07) is 5.36. The highest BCUT2D eigenvalue weighted by Gasteiger charge is 2.38. The molecule has 0 unspecified atom stereocenters. The quantitative estimate of drug-likeness (QED) is 0.394. The summed E-state index contributed by atoms with van der Waals surface area (Å²) in [5, 5.41) is 21.9.